The average molecular weight is 324 g/mol. The lowest BCUT2D eigenvalue weighted by Gasteiger charge is -2.05. The summed E-state index contributed by atoms with van der Waals surface area (Å²) in [4.78, 5) is 11.7. The molecule has 0 aliphatic carbocycles. The second-order valence-corrected chi connectivity index (χ2v) is 6.03. The molecule has 0 atom stereocenters. The van der Waals surface area contributed by atoms with Crippen molar-refractivity contribution in [3.8, 4) is 0 Å². The highest BCUT2D eigenvalue weighted by Crippen LogP contribution is 2.16. The minimum atomic E-state index is -0.313. The van der Waals surface area contributed by atoms with Gasteiger partial charge >= 0.3 is 0 Å². The predicted octanol–water partition coefficient (Wildman–Crippen LogP) is 4.74. The molecule has 0 saturated heterocycles. The van der Waals surface area contributed by atoms with Gasteiger partial charge in [0.15, 0.2) is 0 Å². The molecule has 2 aromatic rings. The van der Waals surface area contributed by atoms with Gasteiger partial charge in [0.05, 0.1) is 0 Å². The number of carbonyl (C=O) groups is 1. The van der Waals surface area contributed by atoms with Crippen molar-refractivity contribution in [1.82, 2.24) is 0 Å². The lowest BCUT2D eigenvalue weighted by atomic mass is 10.2. The van der Waals surface area contributed by atoms with Crippen LogP contribution >= 0.6 is 23.4 Å². The zero-order valence-electron chi connectivity index (χ0n) is 11.3. The van der Waals surface area contributed by atoms with Gasteiger partial charge in [0, 0.05) is 28.6 Å². The minimum absolute atomic E-state index is 0.0646. The summed E-state index contributed by atoms with van der Waals surface area (Å²) in [5.41, 5.74) is 1.80. The fourth-order valence-electron chi connectivity index (χ4n) is 1.69. The van der Waals surface area contributed by atoms with Crippen LogP contribution in [0.15, 0.2) is 48.5 Å². The predicted molar refractivity (Wildman–Crippen MR) is 87.3 cm³/mol. The Bertz CT molecular complexity index is 586. The summed E-state index contributed by atoms with van der Waals surface area (Å²) in [7, 11) is 0. The zero-order chi connectivity index (χ0) is 15.1. The summed E-state index contributed by atoms with van der Waals surface area (Å²) in [5, 5.41) is 3.46. The molecule has 0 saturated carbocycles. The third-order valence-corrected chi connectivity index (χ3v) is 4.07. The van der Waals surface area contributed by atoms with Crippen LogP contribution in [-0.2, 0) is 10.5 Å². The van der Waals surface area contributed by atoms with Gasteiger partial charge in [-0.1, -0.05) is 23.7 Å². The van der Waals surface area contributed by atoms with Crippen LogP contribution in [0.2, 0.25) is 5.02 Å². The zero-order valence-corrected chi connectivity index (χ0v) is 12.9. The van der Waals surface area contributed by atoms with Crippen molar-refractivity contribution in [1.29, 1.82) is 0 Å². The molecule has 0 spiro atoms. The Morgan fingerprint density at radius 1 is 1.10 bits per heavy atom. The van der Waals surface area contributed by atoms with Gasteiger partial charge in [-0.2, -0.15) is 11.8 Å². The van der Waals surface area contributed by atoms with E-state index in [4.69, 9.17) is 11.6 Å². The Hall–Kier alpha value is -1.52. The molecule has 2 nitrogen and oxygen atoms in total. The van der Waals surface area contributed by atoms with Gasteiger partial charge in [0.1, 0.15) is 5.82 Å². The molecule has 1 N–H and O–H groups in total. The summed E-state index contributed by atoms with van der Waals surface area (Å²) in [6.45, 7) is 0. The third kappa shape index (κ3) is 5.78. The van der Waals surface area contributed by atoms with E-state index in [1.165, 1.54) is 17.7 Å². The van der Waals surface area contributed by atoms with Crippen LogP contribution < -0.4 is 5.32 Å². The number of amides is 1. The van der Waals surface area contributed by atoms with E-state index < -0.39 is 0 Å². The highest BCUT2D eigenvalue weighted by atomic mass is 35.5. The van der Waals surface area contributed by atoms with Gasteiger partial charge in [-0.15, -0.1) is 0 Å². The molecule has 0 heterocycles. The normalized spacial score (nSPS) is 10.4. The van der Waals surface area contributed by atoms with E-state index in [-0.39, 0.29) is 11.7 Å². The number of benzene rings is 2. The Morgan fingerprint density at radius 3 is 2.43 bits per heavy atom. The Kier molecular flexibility index (Phi) is 6.08. The van der Waals surface area contributed by atoms with E-state index in [0.29, 0.717) is 12.1 Å². The summed E-state index contributed by atoms with van der Waals surface area (Å²) >= 11 is 7.51. The van der Waals surface area contributed by atoms with Crippen LogP contribution in [0.5, 0.6) is 0 Å². The van der Waals surface area contributed by atoms with Crippen LogP contribution in [0, 0.1) is 5.82 Å². The first-order valence-electron chi connectivity index (χ1n) is 6.51. The number of hydrogen-bond donors (Lipinski definition) is 1. The first-order valence-corrected chi connectivity index (χ1v) is 8.04. The topological polar surface area (TPSA) is 29.1 Å². The summed E-state index contributed by atoms with van der Waals surface area (Å²) in [5.74, 6) is 1.20. The SMILES string of the molecule is O=C(CCSCc1ccc(Cl)cc1)Nc1ccc(F)cc1. The molecular weight excluding hydrogens is 309 g/mol. The quantitative estimate of drug-likeness (QED) is 0.778. The fraction of sp³-hybridized carbons (Fsp3) is 0.188. The molecule has 21 heavy (non-hydrogen) atoms. The molecule has 0 aromatic heterocycles. The van der Waals surface area contributed by atoms with Crippen molar-refractivity contribution in [2.75, 3.05) is 11.1 Å². The number of halogens is 2. The largest absolute Gasteiger partial charge is 0.326 e. The number of rotatable bonds is 6. The Morgan fingerprint density at radius 2 is 1.76 bits per heavy atom. The van der Waals surface area contributed by atoms with Crippen molar-refractivity contribution in [3.63, 3.8) is 0 Å². The molecule has 0 fully saturated rings. The molecule has 0 aliphatic rings. The van der Waals surface area contributed by atoms with Crippen LogP contribution in [0.1, 0.15) is 12.0 Å². The van der Waals surface area contributed by atoms with E-state index in [0.717, 1.165) is 16.5 Å². The van der Waals surface area contributed by atoms with E-state index >= 15 is 0 Å². The third-order valence-electron chi connectivity index (χ3n) is 2.78. The second kappa shape index (κ2) is 8.05. The van der Waals surface area contributed by atoms with Crippen LogP contribution in [0.25, 0.3) is 0 Å². The maximum Gasteiger partial charge on any atom is 0.225 e. The van der Waals surface area contributed by atoms with Gasteiger partial charge in [-0.25, -0.2) is 4.39 Å². The molecule has 0 aliphatic heterocycles. The molecule has 0 unspecified atom stereocenters. The molecule has 1 amide bonds. The standard InChI is InChI=1S/C16H15ClFNOS/c17-13-3-1-12(2-4-13)11-21-10-9-16(20)19-15-7-5-14(18)6-8-15/h1-8H,9-11H2,(H,19,20). The average Bonchev–Trinajstić information content (AvgIpc) is 2.48. The molecule has 5 heteroatoms. The highest BCUT2D eigenvalue weighted by Gasteiger charge is 2.03. The van der Waals surface area contributed by atoms with Crippen molar-refractivity contribution in [2.45, 2.75) is 12.2 Å². The maximum absolute atomic E-state index is 12.7. The lowest BCUT2D eigenvalue weighted by molar-refractivity contribution is -0.115. The molecule has 110 valence electrons. The summed E-state index contributed by atoms with van der Waals surface area (Å²) in [6, 6.07) is 13.4. The molecule has 2 rings (SSSR count). The van der Waals surface area contributed by atoms with Crippen LogP contribution in [-0.4, -0.2) is 11.7 Å². The van der Waals surface area contributed by atoms with E-state index in [1.54, 1.807) is 23.9 Å². The van der Waals surface area contributed by atoms with Crippen molar-refractivity contribution >= 4 is 35.0 Å². The molecule has 0 bridgehead atoms. The van der Waals surface area contributed by atoms with E-state index in [9.17, 15) is 9.18 Å². The van der Waals surface area contributed by atoms with Crippen molar-refractivity contribution < 1.29 is 9.18 Å². The van der Waals surface area contributed by atoms with E-state index in [1.807, 2.05) is 24.3 Å². The number of thioether (sulfide) groups is 1. The number of carbonyl (C=O) groups excluding carboxylic acids is 1. The Labute approximate surface area is 132 Å². The Balaban J connectivity index is 1.67. The fourth-order valence-corrected chi connectivity index (χ4v) is 2.72. The minimum Gasteiger partial charge on any atom is -0.326 e. The monoisotopic (exact) mass is 323 g/mol. The number of anilines is 1. The van der Waals surface area contributed by atoms with Gasteiger partial charge in [0.25, 0.3) is 0 Å². The number of hydrogen-bond acceptors (Lipinski definition) is 2. The van der Waals surface area contributed by atoms with Crippen molar-refractivity contribution in [3.05, 3.63) is 64.9 Å². The van der Waals surface area contributed by atoms with Gasteiger partial charge in [0.2, 0.25) is 5.91 Å². The molecule has 2 aromatic carbocycles. The maximum atomic E-state index is 12.7. The van der Waals surface area contributed by atoms with Crippen LogP contribution in [0.3, 0.4) is 0 Å². The van der Waals surface area contributed by atoms with Crippen LogP contribution in [0.4, 0.5) is 10.1 Å². The van der Waals surface area contributed by atoms with Gasteiger partial charge in [-0.05, 0) is 42.0 Å². The molecular formula is C16H15ClFNOS. The van der Waals surface area contributed by atoms with Gasteiger partial charge in [-0.3, -0.25) is 4.79 Å². The highest BCUT2D eigenvalue weighted by molar-refractivity contribution is 7.98. The van der Waals surface area contributed by atoms with Crippen molar-refractivity contribution in [2.24, 2.45) is 0 Å². The number of nitrogens with one attached hydrogen (secondary N) is 1. The lowest BCUT2D eigenvalue weighted by Crippen LogP contribution is -2.12. The summed E-state index contributed by atoms with van der Waals surface area (Å²) in [6.07, 6.45) is 0.426. The smallest absolute Gasteiger partial charge is 0.225 e. The molecule has 0 radical (unpaired) electrons. The van der Waals surface area contributed by atoms with Gasteiger partial charge < -0.3 is 5.32 Å². The second-order valence-electron chi connectivity index (χ2n) is 4.48. The first kappa shape index (κ1) is 15.9. The van der Waals surface area contributed by atoms with E-state index in [2.05, 4.69) is 5.32 Å². The summed E-state index contributed by atoms with van der Waals surface area (Å²) < 4.78 is 12.7. The first-order chi connectivity index (χ1) is 10.1.